The predicted molar refractivity (Wildman–Crippen MR) is 85.7 cm³/mol. The summed E-state index contributed by atoms with van der Waals surface area (Å²) in [4.78, 5) is 2.57. The molecule has 1 aromatic rings. The number of benzene rings is 1. The van der Waals surface area contributed by atoms with Crippen molar-refractivity contribution in [2.45, 2.75) is 38.5 Å². The van der Waals surface area contributed by atoms with E-state index in [1.165, 1.54) is 12.0 Å². The standard InChI is InChI=1S/C18H25NO4/c1-2-20-11-14-7-15-17(9-14)21-6-5-19(15)10-13-3-4-16-18(8-13)23-12-22-16/h3-4,8,14-15,17H,2,5-7,9-12H2,1H3/t14-,15+,17+/m1/s1. The van der Waals surface area contributed by atoms with E-state index in [0.717, 1.165) is 50.8 Å². The van der Waals surface area contributed by atoms with Gasteiger partial charge in [-0.3, -0.25) is 4.90 Å². The predicted octanol–water partition coefficient (Wildman–Crippen LogP) is 2.43. The van der Waals surface area contributed by atoms with Gasteiger partial charge in [-0.2, -0.15) is 0 Å². The lowest BCUT2D eigenvalue weighted by Crippen LogP contribution is -2.47. The van der Waals surface area contributed by atoms with Gasteiger partial charge in [0.1, 0.15) is 0 Å². The van der Waals surface area contributed by atoms with Gasteiger partial charge in [0.05, 0.1) is 12.7 Å². The van der Waals surface area contributed by atoms with Crippen LogP contribution in [0.3, 0.4) is 0 Å². The molecule has 2 heterocycles. The molecule has 2 aliphatic heterocycles. The second kappa shape index (κ2) is 6.67. The number of ether oxygens (including phenoxy) is 4. The average Bonchev–Trinajstić information content (AvgIpc) is 3.19. The molecule has 2 fully saturated rings. The minimum atomic E-state index is 0.333. The van der Waals surface area contributed by atoms with Crippen molar-refractivity contribution in [1.29, 1.82) is 0 Å². The summed E-state index contributed by atoms with van der Waals surface area (Å²) in [5, 5.41) is 0. The Morgan fingerprint density at radius 2 is 2.13 bits per heavy atom. The molecule has 5 heteroatoms. The van der Waals surface area contributed by atoms with E-state index in [0.29, 0.717) is 24.9 Å². The van der Waals surface area contributed by atoms with Gasteiger partial charge in [0, 0.05) is 32.3 Å². The first kappa shape index (κ1) is 15.2. The summed E-state index contributed by atoms with van der Waals surface area (Å²) in [5.74, 6) is 2.35. The maximum Gasteiger partial charge on any atom is 0.231 e. The molecule has 4 rings (SSSR count). The smallest absolute Gasteiger partial charge is 0.231 e. The van der Waals surface area contributed by atoms with E-state index in [1.54, 1.807) is 0 Å². The molecule has 0 spiro atoms. The number of rotatable bonds is 5. The largest absolute Gasteiger partial charge is 0.454 e. The molecule has 1 saturated carbocycles. The van der Waals surface area contributed by atoms with Crippen molar-refractivity contribution in [2.75, 3.05) is 33.2 Å². The Morgan fingerprint density at radius 1 is 1.22 bits per heavy atom. The Kier molecular flexibility index (Phi) is 4.42. The molecule has 0 bridgehead atoms. The summed E-state index contributed by atoms with van der Waals surface area (Å²) in [5.41, 5.74) is 1.28. The molecule has 0 unspecified atom stereocenters. The van der Waals surface area contributed by atoms with Crippen LogP contribution in [0.1, 0.15) is 25.3 Å². The van der Waals surface area contributed by atoms with Gasteiger partial charge in [-0.05, 0) is 43.4 Å². The minimum absolute atomic E-state index is 0.333. The summed E-state index contributed by atoms with van der Waals surface area (Å²) in [6.07, 6.45) is 2.67. The van der Waals surface area contributed by atoms with Crippen LogP contribution >= 0.6 is 0 Å². The van der Waals surface area contributed by atoms with Gasteiger partial charge in [0.25, 0.3) is 0 Å². The van der Waals surface area contributed by atoms with Crippen LogP contribution in [0, 0.1) is 5.92 Å². The molecule has 0 radical (unpaired) electrons. The zero-order valence-electron chi connectivity index (χ0n) is 13.7. The number of hydrogen-bond donors (Lipinski definition) is 0. The number of morpholine rings is 1. The Balaban J connectivity index is 1.42. The fourth-order valence-electron chi connectivity index (χ4n) is 4.02. The average molecular weight is 319 g/mol. The first-order valence-corrected chi connectivity index (χ1v) is 8.65. The lowest BCUT2D eigenvalue weighted by atomic mass is 10.1. The topological polar surface area (TPSA) is 40.2 Å². The summed E-state index contributed by atoms with van der Waals surface area (Å²) in [6, 6.07) is 6.78. The molecular weight excluding hydrogens is 294 g/mol. The first-order valence-electron chi connectivity index (χ1n) is 8.65. The number of fused-ring (bicyclic) bond motifs is 2. The van der Waals surface area contributed by atoms with Crippen LogP contribution in [0.2, 0.25) is 0 Å². The fraction of sp³-hybridized carbons (Fsp3) is 0.667. The zero-order chi connectivity index (χ0) is 15.6. The Morgan fingerprint density at radius 3 is 3.04 bits per heavy atom. The highest BCUT2D eigenvalue weighted by Crippen LogP contribution is 2.37. The fourth-order valence-corrected chi connectivity index (χ4v) is 4.02. The third kappa shape index (κ3) is 3.18. The van der Waals surface area contributed by atoms with Crippen molar-refractivity contribution in [3.05, 3.63) is 23.8 Å². The first-order chi connectivity index (χ1) is 11.3. The Labute approximate surface area is 137 Å². The molecule has 3 aliphatic rings. The quantitative estimate of drug-likeness (QED) is 0.833. The monoisotopic (exact) mass is 319 g/mol. The van der Waals surface area contributed by atoms with E-state index < -0.39 is 0 Å². The SMILES string of the molecule is CCOC[C@H]1C[C@@H]2OCCN(Cc3ccc4c(c3)OCO4)[C@H]2C1. The van der Waals surface area contributed by atoms with Gasteiger partial charge in [0.2, 0.25) is 6.79 Å². The third-order valence-corrected chi connectivity index (χ3v) is 5.13. The normalized spacial score (nSPS) is 29.7. The Bertz CT molecular complexity index is 550. The molecular formula is C18H25NO4. The minimum Gasteiger partial charge on any atom is -0.454 e. The number of nitrogens with zero attached hydrogens (tertiary/aromatic N) is 1. The van der Waals surface area contributed by atoms with Gasteiger partial charge in [-0.25, -0.2) is 0 Å². The van der Waals surface area contributed by atoms with Crippen molar-refractivity contribution in [2.24, 2.45) is 5.92 Å². The molecule has 0 N–H and O–H groups in total. The van der Waals surface area contributed by atoms with Crippen LogP contribution in [0.25, 0.3) is 0 Å². The molecule has 3 atom stereocenters. The van der Waals surface area contributed by atoms with Crippen LogP contribution < -0.4 is 9.47 Å². The van der Waals surface area contributed by atoms with Gasteiger partial charge in [0.15, 0.2) is 11.5 Å². The maximum absolute atomic E-state index is 6.01. The molecule has 23 heavy (non-hydrogen) atoms. The molecule has 1 aliphatic carbocycles. The van der Waals surface area contributed by atoms with Gasteiger partial charge >= 0.3 is 0 Å². The van der Waals surface area contributed by atoms with Crippen molar-refractivity contribution in [3.63, 3.8) is 0 Å². The lowest BCUT2D eigenvalue weighted by molar-refractivity contribution is -0.0591. The molecule has 0 amide bonds. The summed E-state index contributed by atoms with van der Waals surface area (Å²) in [7, 11) is 0. The van der Waals surface area contributed by atoms with Crippen molar-refractivity contribution >= 4 is 0 Å². The van der Waals surface area contributed by atoms with Crippen LogP contribution in [0.4, 0.5) is 0 Å². The van der Waals surface area contributed by atoms with Crippen LogP contribution in [0.15, 0.2) is 18.2 Å². The van der Waals surface area contributed by atoms with Crippen molar-refractivity contribution < 1.29 is 18.9 Å². The van der Waals surface area contributed by atoms with E-state index in [2.05, 4.69) is 24.0 Å². The number of hydrogen-bond acceptors (Lipinski definition) is 5. The van der Waals surface area contributed by atoms with E-state index in [-0.39, 0.29) is 0 Å². The van der Waals surface area contributed by atoms with Crippen molar-refractivity contribution in [1.82, 2.24) is 4.90 Å². The Hall–Kier alpha value is -1.30. The summed E-state index contributed by atoms with van der Waals surface area (Å²) < 4.78 is 22.5. The molecule has 126 valence electrons. The highest BCUT2D eigenvalue weighted by atomic mass is 16.7. The van der Waals surface area contributed by atoms with Crippen LogP contribution in [-0.4, -0.2) is 50.2 Å². The molecule has 5 nitrogen and oxygen atoms in total. The van der Waals surface area contributed by atoms with Crippen LogP contribution in [0.5, 0.6) is 11.5 Å². The van der Waals surface area contributed by atoms with Crippen LogP contribution in [-0.2, 0) is 16.0 Å². The van der Waals surface area contributed by atoms with Gasteiger partial charge < -0.3 is 18.9 Å². The van der Waals surface area contributed by atoms with E-state index >= 15 is 0 Å². The second-order valence-electron chi connectivity index (χ2n) is 6.63. The maximum atomic E-state index is 6.01. The third-order valence-electron chi connectivity index (χ3n) is 5.13. The molecule has 1 aromatic carbocycles. The second-order valence-corrected chi connectivity index (χ2v) is 6.63. The lowest BCUT2D eigenvalue weighted by Gasteiger charge is -2.37. The van der Waals surface area contributed by atoms with E-state index in [4.69, 9.17) is 18.9 Å². The molecule has 1 saturated heterocycles. The van der Waals surface area contributed by atoms with Gasteiger partial charge in [-0.1, -0.05) is 6.07 Å². The highest BCUT2D eigenvalue weighted by Gasteiger charge is 2.40. The zero-order valence-corrected chi connectivity index (χ0v) is 13.7. The summed E-state index contributed by atoms with van der Waals surface area (Å²) in [6.45, 7) is 6.83. The van der Waals surface area contributed by atoms with Gasteiger partial charge in [-0.15, -0.1) is 0 Å². The molecule has 0 aromatic heterocycles. The summed E-state index contributed by atoms with van der Waals surface area (Å²) >= 11 is 0. The highest BCUT2D eigenvalue weighted by molar-refractivity contribution is 5.44. The van der Waals surface area contributed by atoms with E-state index in [1.807, 2.05) is 6.07 Å². The van der Waals surface area contributed by atoms with Crippen molar-refractivity contribution in [3.8, 4) is 11.5 Å². The van der Waals surface area contributed by atoms with E-state index in [9.17, 15) is 0 Å².